The number of aryl methyl sites for hydroxylation is 2. The first-order valence-electron chi connectivity index (χ1n) is 14.4. The van der Waals surface area contributed by atoms with Gasteiger partial charge in [0.05, 0.1) is 11.6 Å². The van der Waals surface area contributed by atoms with E-state index in [4.69, 9.17) is 33.3 Å². The van der Waals surface area contributed by atoms with Crippen LogP contribution in [0.3, 0.4) is 0 Å². The molecule has 0 atom stereocenters. The Bertz CT molecular complexity index is 1690. The number of rotatable bonds is 4. The molecule has 3 aliphatic rings. The lowest BCUT2D eigenvalue weighted by atomic mass is 9.86. The average molecular weight is 627 g/mol. The summed E-state index contributed by atoms with van der Waals surface area (Å²) in [5, 5.41) is 19.7. The van der Waals surface area contributed by atoms with Crippen molar-refractivity contribution >= 4 is 23.2 Å². The van der Waals surface area contributed by atoms with Crippen molar-refractivity contribution in [2.75, 3.05) is 31.1 Å². The van der Waals surface area contributed by atoms with Gasteiger partial charge >= 0.3 is 5.97 Å². The molecule has 3 aliphatic heterocycles. The van der Waals surface area contributed by atoms with Crippen molar-refractivity contribution < 1.29 is 53.4 Å². The Morgan fingerprint density at radius 3 is 2.23 bits per heavy atom. The Morgan fingerprint density at radius 2 is 1.59 bits per heavy atom. The van der Waals surface area contributed by atoms with E-state index in [1.165, 1.54) is 22.2 Å². The van der Waals surface area contributed by atoms with Crippen LogP contribution in [0.4, 0.5) is 5.69 Å². The standard InChI is InChI=1S/C30H30N2O3.C2H4O2.ClHO4/c1-3-31-13-7-9-19-15-23-27(17-25(19)31)35-28-18-26-20(10-8-14-32(26)4-2)16-24(28)29(23)21-11-5-6-12-22(21)30(33)34;1-2(3)4;2-1(3,4)5/h5-6,11-12,15-18H,3-4,7-10,13-14H2,1-2H3;1H3,(H,3,4);(H,2,3,4,5). The Kier molecular flexibility index (Phi) is 10.3. The van der Waals surface area contributed by atoms with Gasteiger partial charge in [-0.2, -0.15) is 0 Å². The Labute approximate surface area is 256 Å². The molecule has 0 unspecified atom stereocenters. The molecule has 234 valence electrons. The van der Waals surface area contributed by atoms with E-state index in [1.54, 1.807) is 12.1 Å². The maximum Gasteiger partial charge on any atom is 0.336 e. The highest BCUT2D eigenvalue weighted by Gasteiger charge is 2.29. The minimum atomic E-state index is -4.94. The topological polar surface area (TPSA) is 182 Å². The number of fused-ring (bicyclic) bond motifs is 4. The summed E-state index contributed by atoms with van der Waals surface area (Å²) in [5.41, 5.74) is 6.88. The van der Waals surface area contributed by atoms with Crippen LogP contribution in [-0.2, 0) is 17.6 Å². The number of carboxylic acids is 2. The van der Waals surface area contributed by atoms with Crippen LogP contribution < -0.4 is 43.4 Å². The molecule has 0 amide bonds. The second-order valence-corrected chi connectivity index (χ2v) is 11.3. The van der Waals surface area contributed by atoms with Crippen LogP contribution in [0.15, 0.2) is 48.5 Å². The number of carbonyl (C=O) groups is 2. The maximum absolute atomic E-state index is 12.3. The number of nitrogens with zero attached hydrogens (tertiary/aromatic N) is 2. The first-order chi connectivity index (χ1) is 20.8. The van der Waals surface area contributed by atoms with E-state index in [0.717, 1.165) is 92.2 Å². The van der Waals surface area contributed by atoms with E-state index in [0.29, 0.717) is 5.56 Å². The highest BCUT2D eigenvalue weighted by atomic mass is 35.7. The molecule has 11 nitrogen and oxygen atoms in total. The van der Waals surface area contributed by atoms with Crippen molar-refractivity contribution in [2.24, 2.45) is 0 Å². The van der Waals surface area contributed by atoms with Crippen molar-refractivity contribution in [3.63, 3.8) is 0 Å². The molecule has 0 bridgehead atoms. The summed E-state index contributed by atoms with van der Waals surface area (Å²) in [4.78, 5) is 23.7. The zero-order valence-corrected chi connectivity index (χ0v) is 25.6. The third-order valence-corrected chi connectivity index (χ3v) is 7.74. The largest absolute Gasteiger partial charge is 0.481 e. The van der Waals surface area contributed by atoms with Crippen molar-refractivity contribution in [1.29, 1.82) is 0 Å². The van der Waals surface area contributed by atoms with E-state index in [2.05, 4.69) is 47.6 Å². The first-order valence-corrected chi connectivity index (χ1v) is 15.6. The lowest BCUT2D eigenvalue weighted by Gasteiger charge is -2.32. The van der Waals surface area contributed by atoms with Crippen molar-refractivity contribution in [3.05, 3.63) is 86.9 Å². The van der Waals surface area contributed by atoms with Crippen LogP contribution in [0.1, 0.15) is 66.2 Å². The van der Waals surface area contributed by atoms with Crippen LogP contribution in [0, 0.1) is 10.2 Å². The SMILES string of the molecule is CC(=O)O.CCN1CCCc2cc3c(cc21)Oc1cc2c(cc1=C3c1ccccc1C(=O)O)CCC[N+]=2CC.[O-][Cl+3]([O-])([O-])[O-]. The van der Waals surface area contributed by atoms with Crippen LogP contribution in [0.2, 0.25) is 0 Å². The molecule has 0 fully saturated rings. The molecule has 0 radical (unpaired) electrons. The third-order valence-electron chi connectivity index (χ3n) is 7.74. The summed E-state index contributed by atoms with van der Waals surface area (Å²) in [5.74, 6) is -0.121. The van der Waals surface area contributed by atoms with Crippen LogP contribution >= 0.6 is 0 Å². The Hall–Kier alpha value is -4.00. The fourth-order valence-electron chi connectivity index (χ4n) is 6.04. The van der Waals surface area contributed by atoms with Gasteiger partial charge in [-0.25, -0.2) is 28.0 Å². The van der Waals surface area contributed by atoms with Gasteiger partial charge in [-0.15, -0.1) is 10.2 Å². The van der Waals surface area contributed by atoms with E-state index < -0.39 is 22.2 Å². The van der Waals surface area contributed by atoms with Gasteiger partial charge < -0.3 is 19.8 Å². The molecule has 0 spiro atoms. The monoisotopic (exact) mass is 626 g/mol. The molecule has 12 heteroatoms. The van der Waals surface area contributed by atoms with Crippen LogP contribution in [-0.4, -0.2) is 48.3 Å². The minimum absolute atomic E-state index is 0.321. The van der Waals surface area contributed by atoms with Gasteiger partial charge in [-0.05, 0) is 62.4 Å². The summed E-state index contributed by atoms with van der Waals surface area (Å²) < 4.78 is 43.0. The summed E-state index contributed by atoms with van der Waals surface area (Å²) in [6, 6.07) is 16.2. The molecule has 3 aromatic rings. The number of anilines is 1. The molecular formula is C32H35ClN2O9. The highest BCUT2D eigenvalue weighted by Crippen LogP contribution is 2.42. The molecule has 0 saturated carbocycles. The van der Waals surface area contributed by atoms with Gasteiger partial charge in [0.25, 0.3) is 5.97 Å². The molecule has 0 saturated heterocycles. The predicted octanol–water partition coefficient (Wildman–Crippen LogP) is -0.698. The van der Waals surface area contributed by atoms with E-state index in [9.17, 15) is 9.90 Å². The van der Waals surface area contributed by atoms with Gasteiger partial charge in [-0.1, -0.05) is 18.2 Å². The number of benzene rings is 3. The number of aromatic carboxylic acids is 1. The van der Waals surface area contributed by atoms with E-state index in [-0.39, 0.29) is 0 Å². The second kappa shape index (κ2) is 13.7. The molecular weight excluding hydrogens is 592 g/mol. The number of carboxylic acid groups (broad SMARTS) is 2. The lowest BCUT2D eigenvalue weighted by Crippen LogP contribution is -2.68. The summed E-state index contributed by atoms with van der Waals surface area (Å²) >= 11 is 0. The van der Waals surface area contributed by atoms with Gasteiger partial charge in [0, 0.05) is 60.1 Å². The highest BCUT2D eigenvalue weighted by molar-refractivity contribution is 5.98. The Morgan fingerprint density at radius 1 is 0.932 bits per heavy atom. The number of halogens is 1. The molecule has 6 rings (SSSR count). The molecule has 0 aromatic heterocycles. The lowest BCUT2D eigenvalue weighted by molar-refractivity contribution is -2.00. The first kappa shape index (κ1) is 32.9. The van der Waals surface area contributed by atoms with Crippen molar-refractivity contribution in [2.45, 2.75) is 46.5 Å². The quantitative estimate of drug-likeness (QED) is 0.275. The second-order valence-electron chi connectivity index (χ2n) is 10.5. The smallest absolute Gasteiger partial charge is 0.336 e. The van der Waals surface area contributed by atoms with Crippen molar-refractivity contribution in [1.82, 2.24) is 4.58 Å². The molecule has 44 heavy (non-hydrogen) atoms. The molecule has 2 N–H and O–H groups in total. The predicted molar refractivity (Wildman–Crippen MR) is 152 cm³/mol. The van der Waals surface area contributed by atoms with E-state index >= 15 is 0 Å². The number of hydrogen-bond acceptors (Lipinski definition) is 8. The van der Waals surface area contributed by atoms with Gasteiger partial charge in [0.15, 0.2) is 0 Å². The molecule has 0 aliphatic carbocycles. The number of ether oxygens (including phenoxy) is 1. The molecule has 3 aromatic carbocycles. The summed E-state index contributed by atoms with van der Waals surface area (Å²) in [7, 11) is -4.94. The third kappa shape index (κ3) is 7.55. The van der Waals surface area contributed by atoms with Gasteiger partial charge in [0.1, 0.15) is 24.6 Å². The van der Waals surface area contributed by atoms with E-state index in [1.807, 2.05) is 12.1 Å². The zero-order valence-electron chi connectivity index (χ0n) is 24.8. The van der Waals surface area contributed by atoms with Crippen LogP contribution in [0.25, 0.3) is 5.57 Å². The summed E-state index contributed by atoms with van der Waals surface area (Å²) in [6.45, 7) is 9.49. The number of hydrogen-bond donors (Lipinski definition) is 2. The fourth-order valence-corrected chi connectivity index (χ4v) is 6.04. The normalized spacial score (nSPS) is 14.8. The zero-order chi connectivity index (χ0) is 32.2. The Balaban J connectivity index is 0.000000434. The van der Waals surface area contributed by atoms with Gasteiger partial charge in [0.2, 0.25) is 5.36 Å². The van der Waals surface area contributed by atoms with Crippen LogP contribution in [0.5, 0.6) is 11.5 Å². The van der Waals surface area contributed by atoms with Gasteiger partial charge in [-0.3, -0.25) is 4.79 Å². The fraction of sp³-hybridized carbons (Fsp3) is 0.344. The average Bonchev–Trinajstić information content (AvgIpc) is 2.96. The maximum atomic E-state index is 12.3. The molecule has 3 heterocycles. The van der Waals surface area contributed by atoms with Crippen molar-refractivity contribution in [3.8, 4) is 11.5 Å². The number of aliphatic carboxylic acids is 1. The minimum Gasteiger partial charge on any atom is -0.481 e. The summed E-state index contributed by atoms with van der Waals surface area (Å²) in [6.07, 6.45) is 4.29.